The van der Waals surface area contributed by atoms with E-state index in [4.69, 9.17) is 9.90 Å². The predicted octanol–water partition coefficient (Wildman–Crippen LogP) is 4.39. The van der Waals surface area contributed by atoms with Crippen LogP contribution >= 0.6 is 11.3 Å². The van der Waals surface area contributed by atoms with Crippen LogP contribution in [0.25, 0.3) is 11.1 Å². The second-order valence-corrected chi connectivity index (χ2v) is 9.66. The van der Waals surface area contributed by atoms with Crippen molar-refractivity contribution in [1.29, 1.82) is 5.26 Å². The van der Waals surface area contributed by atoms with Crippen molar-refractivity contribution in [1.82, 2.24) is 15.6 Å². The maximum atomic E-state index is 12.5. The molecular formula is C27H26F3N5O4S. The Balaban J connectivity index is 0.000000559. The van der Waals surface area contributed by atoms with Crippen molar-refractivity contribution in [2.24, 2.45) is 0 Å². The van der Waals surface area contributed by atoms with Gasteiger partial charge < -0.3 is 15.7 Å². The number of carbonyl (C=O) groups excluding carboxylic acids is 2. The summed E-state index contributed by atoms with van der Waals surface area (Å²) in [6.45, 7) is 0.838. The molecule has 3 aromatic rings. The van der Waals surface area contributed by atoms with Crippen LogP contribution in [0, 0.1) is 11.3 Å². The van der Waals surface area contributed by atoms with Crippen LogP contribution < -0.4 is 16.0 Å². The number of carbonyl (C=O) groups is 3. The summed E-state index contributed by atoms with van der Waals surface area (Å²) >= 11 is 1.37. The van der Waals surface area contributed by atoms with Crippen LogP contribution in [0.2, 0.25) is 0 Å². The van der Waals surface area contributed by atoms with E-state index in [2.05, 4.69) is 27.0 Å². The van der Waals surface area contributed by atoms with Crippen molar-refractivity contribution in [2.75, 3.05) is 11.9 Å². The first-order valence-electron chi connectivity index (χ1n) is 12.2. The van der Waals surface area contributed by atoms with Gasteiger partial charge in [0.25, 0.3) is 5.91 Å². The van der Waals surface area contributed by atoms with Crippen LogP contribution in [-0.4, -0.2) is 52.7 Å². The van der Waals surface area contributed by atoms with E-state index in [1.54, 1.807) is 12.3 Å². The van der Waals surface area contributed by atoms with E-state index in [1.165, 1.54) is 11.3 Å². The van der Waals surface area contributed by atoms with Gasteiger partial charge in [0, 0.05) is 23.6 Å². The van der Waals surface area contributed by atoms with Gasteiger partial charge in [0.15, 0.2) is 5.13 Å². The Morgan fingerprint density at radius 3 is 2.45 bits per heavy atom. The zero-order valence-corrected chi connectivity index (χ0v) is 21.9. The van der Waals surface area contributed by atoms with Gasteiger partial charge in [-0.3, -0.25) is 14.9 Å². The molecule has 0 spiro atoms. The Morgan fingerprint density at radius 2 is 1.88 bits per heavy atom. The summed E-state index contributed by atoms with van der Waals surface area (Å²) in [7, 11) is 0. The van der Waals surface area contributed by atoms with Gasteiger partial charge in [-0.1, -0.05) is 42.8 Å². The number of aromatic nitrogens is 1. The molecule has 2 aromatic carbocycles. The van der Waals surface area contributed by atoms with E-state index in [1.807, 2.05) is 47.8 Å². The van der Waals surface area contributed by atoms with E-state index in [0.717, 1.165) is 42.5 Å². The molecule has 0 saturated carbocycles. The smallest absolute Gasteiger partial charge is 0.475 e. The van der Waals surface area contributed by atoms with Crippen LogP contribution in [0.4, 0.5) is 18.3 Å². The first kappa shape index (κ1) is 30.3. The Bertz CT molecular complexity index is 1340. The fourth-order valence-electron chi connectivity index (χ4n) is 3.84. The molecule has 9 nitrogen and oxygen atoms in total. The zero-order chi connectivity index (χ0) is 29.1. The number of alkyl halides is 3. The van der Waals surface area contributed by atoms with E-state index in [0.29, 0.717) is 17.1 Å². The van der Waals surface area contributed by atoms with Gasteiger partial charge in [-0.15, -0.1) is 11.3 Å². The third kappa shape index (κ3) is 9.18. The van der Waals surface area contributed by atoms with Crippen molar-refractivity contribution in [2.45, 2.75) is 43.9 Å². The normalized spacial score (nSPS) is 15.5. The van der Waals surface area contributed by atoms with Crippen molar-refractivity contribution in [3.8, 4) is 17.2 Å². The number of aliphatic carboxylic acids is 1. The van der Waals surface area contributed by atoms with Crippen LogP contribution in [0.3, 0.4) is 0 Å². The molecular weight excluding hydrogens is 547 g/mol. The molecule has 1 saturated heterocycles. The minimum absolute atomic E-state index is 0.106. The summed E-state index contributed by atoms with van der Waals surface area (Å²) in [4.78, 5) is 37.9. The zero-order valence-electron chi connectivity index (χ0n) is 21.1. The second kappa shape index (κ2) is 14.2. The lowest BCUT2D eigenvalue weighted by Crippen LogP contribution is -2.49. The van der Waals surface area contributed by atoms with Gasteiger partial charge in [0.1, 0.15) is 6.04 Å². The number of rotatable bonds is 7. The van der Waals surface area contributed by atoms with Crippen molar-refractivity contribution in [3.05, 3.63) is 71.2 Å². The summed E-state index contributed by atoms with van der Waals surface area (Å²) < 4.78 is 31.7. The quantitative estimate of drug-likeness (QED) is 0.328. The second-order valence-electron chi connectivity index (χ2n) is 8.77. The molecule has 0 bridgehead atoms. The largest absolute Gasteiger partial charge is 0.490 e. The maximum absolute atomic E-state index is 12.5. The van der Waals surface area contributed by atoms with E-state index in [-0.39, 0.29) is 17.9 Å². The average molecular weight is 574 g/mol. The Kier molecular flexibility index (Phi) is 10.7. The fraction of sp³-hybridized carbons (Fsp3) is 0.296. The maximum Gasteiger partial charge on any atom is 0.490 e. The minimum atomic E-state index is -5.08. The van der Waals surface area contributed by atoms with E-state index < -0.39 is 18.2 Å². The number of piperidine rings is 1. The highest BCUT2D eigenvalue weighted by Gasteiger charge is 2.38. The van der Waals surface area contributed by atoms with Crippen LogP contribution in [-0.2, 0) is 16.0 Å². The van der Waals surface area contributed by atoms with Gasteiger partial charge in [-0.05, 0) is 48.2 Å². The summed E-state index contributed by atoms with van der Waals surface area (Å²) in [6, 6.07) is 16.6. The highest BCUT2D eigenvalue weighted by atomic mass is 32.1. The van der Waals surface area contributed by atoms with Crippen molar-refractivity contribution < 1.29 is 32.7 Å². The number of nitriles is 1. The number of anilines is 1. The molecule has 2 amide bonds. The minimum Gasteiger partial charge on any atom is -0.475 e. The monoisotopic (exact) mass is 573 g/mol. The number of nitrogens with zero attached hydrogens (tertiary/aromatic N) is 2. The molecule has 13 heteroatoms. The highest BCUT2D eigenvalue weighted by molar-refractivity contribution is 7.13. The van der Waals surface area contributed by atoms with Gasteiger partial charge in [-0.2, -0.15) is 18.4 Å². The first-order chi connectivity index (χ1) is 19.1. The number of carboxylic acid groups (broad SMARTS) is 1. The molecule has 1 aliphatic heterocycles. The highest BCUT2D eigenvalue weighted by Crippen LogP contribution is 2.22. The number of hydrogen-bond donors (Lipinski definition) is 4. The number of hydrogen-bond acceptors (Lipinski definition) is 7. The fourth-order valence-corrected chi connectivity index (χ4v) is 4.36. The predicted molar refractivity (Wildman–Crippen MR) is 143 cm³/mol. The summed E-state index contributed by atoms with van der Waals surface area (Å²) in [5, 5.41) is 27.9. The molecule has 2 atom stereocenters. The molecule has 4 N–H and O–H groups in total. The van der Waals surface area contributed by atoms with Gasteiger partial charge in [-0.25, -0.2) is 9.78 Å². The van der Waals surface area contributed by atoms with Gasteiger partial charge >= 0.3 is 12.1 Å². The number of carboxylic acids is 1. The summed E-state index contributed by atoms with van der Waals surface area (Å²) in [5.41, 5.74) is 3.39. The number of thiazole rings is 1. The average Bonchev–Trinajstić information content (AvgIpc) is 3.46. The Morgan fingerprint density at radius 1 is 1.15 bits per heavy atom. The van der Waals surface area contributed by atoms with Crippen LogP contribution in [0.5, 0.6) is 0 Å². The number of halogens is 3. The SMILES string of the molecule is N#C[C@H](Cc1ccc(-c2cccc(C(=O)Nc3nccs3)c2)cc1)NC(=O)[C@@H]1CCCCN1.O=C(O)C(F)(F)F. The Hall–Kier alpha value is -4.28. The number of nitrogens with one attached hydrogen (secondary N) is 3. The van der Waals surface area contributed by atoms with Gasteiger partial charge in [0.2, 0.25) is 5.91 Å². The third-order valence-electron chi connectivity index (χ3n) is 5.85. The molecule has 1 aromatic heterocycles. The Labute approximate surface area is 232 Å². The first-order valence-corrected chi connectivity index (χ1v) is 13.1. The van der Waals surface area contributed by atoms with Crippen molar-refractivity contribution in [3.63, 3.8) is 0 Å². The summed E-state index contributed by atoms with van der Waals surface area (Å²) in [5.74, 6) is -3.07. The van der Waals surface area contributed by atoms with Crippen molar-refractivity contribution >= 4 is 34.3 Å². The molecule has 4 rings (SSSR count). The molecule has 1 aliphatic rings. The van der Waals surface area contributed by atoms with Gasteiger partial charge in [0.05, 0.1) is 12.1 Å². The lowest BCUT2D eigenvalue weighted by atomic mass is 9.99. The third-order valence-corrected chi connectivity index (χ3v) is 6.53. The lowest BCUT2D eigenvalue weighted by Gasteiger charge is -2.23. The number of amides is 2. The molecule has 0 aliphatic carbocycles. The topological polar surface area (TPSA) is 144 Å². The molecule has 1 fully saturated rings. The lowest BCUT2D eigenvalue weighted by molar-refractivity contribution is -0.192. The molecule has 0 radical (unpaired) electrons. The number of benzene rings is 2. The van der Waals surface area contributed by atoms with E-state index in [9.17, 15) is 28.0 Å². The molecule has 40 heavy (non-hydrogen) atoms. The molecule has 0 unspecified atom stereocenters. The summed E-state index contributed by atoms with van der Waals surface area (Å²) in [6.07, 6.45) is -0.0900. The van der Waals surface area contributed by atoms with E-state index >= 15 is 0 Å². The molecule has 210 valence electrons. The van der Waals surface area contributed by atoms with Crippen LogP contribution in [0.1, 0.15) is 35.2 Å². The molecule has 2 heterocycles. The van der Waals surface area contributed by atoms with Crippen LogP contribution in [0.15, 0.2) is 60.1 Å². The standard InChI is InChI=1S/C25H25N5O2S.C2HF3O2/c26-16-21(29-24(32)22-6-1-2-11-27-22)14-17-7-9-18(10-8-17)19-4-3-5-20(15-19)23(31)30-25-28-12-13-33-25;3-2(4,5)1(6)7/h3-5,7-10,12-13,15,21-22,27H,1-2,6,11,14H2,(H,29,32)(H,28,30,31);(H,6,7)/t21-,22-;/m0./s1.